The Hall–Kier alpha value is -0.0900. The maximum Gasteiger partial charge on any atom is 0.211 e. The Morgan fingerprint density at radius 2 is 1.86 bits per heavy atom. The summed E-state index contributed by atoms with van der Waals surface area (Å²) in [5.41, 5.74) is 0. The summed E-state index contributed by atoms with van der Waals surface area (Å²) in [7, 11) is -2.98. The molecule has 1 N–H and O–H groups in total. The van der Waals surface area contributed by atoms with Crippen molar-refractivity contribution in [2.24, 2.45) is 5.92 Å². The number of nitrogens with one attached hydrogen (secondary N) is 1. The van der Waals surface area contributed by atoms with E-state index in [1.54, 1.807) is 0 Å². The molecule has 0 aromatic carbocycles. The van der Waals surface area contributed by atoms with E-state index in [0.717, 1.165) is 12.8 Å². The predicted octanol–water partition coefficient (Wildman–Crippen LogP) is 2.14. The highest BCUT2D eigenvalue weighted by atomic mass is 32.2. The summed E-state index contributed by atoms with van der Waals surface area (Å²) in [6, 6.07) is 0. The van der Waals surface area contributed by atoms with Gasteiger partial charge < -0.3 is 0 Å². The highest BCUT2D eigenvalue weighted by Gasteiger charge is 2.06. The van der Waals surface area contributed by atoms with Crippen LogP contribution in [0, 0.1) is 5.92 Å². The van der Waals surface area contributed by atoms with Crippen molar-refractivity contribution >= 4 is 10.0 Å². The van der Waals surface area contributed by atoms with Crippen molar-refractivity contribution in [3.63, 3.8) is 0 Å². The molecule has 0 aliphatic carbocycles. The van der Waals surface area contributed by atoms with Gasteiger partial charge >= 0.3 is 0 Å². The zero-order valence-corrected chi connectivity index (χ0v) is 10.4. The van der Waals surface area contributed by atoms with E-state index in [9.17, 15) is 8.42 Å². The molecule has 0 unspecified atom stereocenters. The fourth-order valence-corrected chi connectivity index (χ4v) is 2.38. The van der Waals surface area contributed by atoms with Gasteiger partial charge in [0.25, 0.3) is 0 Å². The van der Waals surface area contributed by atoms with E-state index in [1.807, 2.05) is 6.92 Å². The van der Waals surface area contributed by atoms with Gasteiger partial charge in [0.15, 0.2) is 0 Å². The predicted molar refractivity (Wildman–Crippen MR) is 60.8 cm³/mol. The third-order valence-electron chi connectivity index (χ3n) is 2.00. The van der Waals surface area contributed by atoms with Gasteiger partial charge in [-0.3, -0.25) is 0 Å². The Labute approximate surface area is 88.3 Å². The van der Waals surface area contributed by atoms with Crippen LogP contribution in [-0.2, 0) is 10.0 Å². The normalized spacial score (nSPS) is 12.3. The van der Waals surface area contributed by atoms with Crippen LogP contribution in [0.15, 0.2) is 0 Å². The second-order valence-electron chi connectivity index (χ2n) is 4.10. The Morgan fingerprint density at radius 1 is 1.21 bits per heavy atom. The molecule has 0 bridgehead atoms. The van der Waals surface area contributed by atoms with Crippen LogP contribution >= 0.6 is 0 Å². The van der Waals surface area contributed by atoms with Gasteiger partial charge in [0.05, 0.1) is 5.75 Å². The Balaban J connectivity index is 3.45. The third-order valence-corrected chi connectivity index (χ3v) is 3.59. The maximum atomic E-state index is 11.2. The first kappa shape index (κ1) is 13.9. The zero-order valence-electron chi connectivity index (χ0n) is 9.54. The average Bonchev–Trinajstić information content (AvgIpc) is 2.02. The molecule has 14 heavy (non-hydrogen) atoms. The van der Waals surface area contributed by atoms with E-state index in [-0.39, 0.29) is 5.75 Å². The molecule has 0 atom stereocenters. The Kier molecular flexibility index (Phi) is 7.19. The molecule has 86 valence electrons. The molecule has 0 amide bonds. The summed E-state index contributed by atoms with van der Waals surface area (Å²) in [6.45, 7) is 6.83. The maximum absolute atomic E-state index is 11.2. The number of unbranched alkanes of at least 4 members (excludes halogenated alkanes) is 1. The molecule has 0 spiro atoms. The standard InChI is InChI=1S/C10H23NO2S/c1-4-9-14(12,13)11-8-6-5-7-10(2)3/h10-11H,4-9H2,1-3H3. The topological polar surface area (TPSA) is 46.2 Å². The zero-order chi connectivity index (χ0) is 11.0. The van der Waals surface area contributed by atoms with Crippen molar-refractivity contribution in [2.75, 3.05) is 12.3 Å². The molecule has 0 saturated heterocycles. The van der Waals surface area contributed by atoms with Crippen molar-refractivity contribution < 1.29 is 8.42 Å². The fraction of sp³-hybridized carbons (Fsp3) is 1.00. The minimum Gasteiger partial charge on any atom is -0.215 e. The van der Waals surface area contributed by atoms with Crippen LogP contribution < -0.4 is 4.72 Å². The lowest BCUT2D eigenvalue weighted by atomic mass is 10.1. The first-order valence-corrected chi connectivity index (χ1v) is 7.10. The van der Waals surface area contributed by atoms with E-state index in [1.165, 1.54) is 6.42 Å². The Morgan fingerprint density at radius 3 is 2.36 bits per heavy atom. The van der Waals surface area contributed by atoms with E-state index >= 15 is 0 Å². The molecule has 0 aromatic heterocycles. The van der Waals surface area contributed by atoms with Gasteiger partial charge in [-0.1, -0.05) is 33.6 Å². The van der Waals surface area contributed by atoms with Crippen LogP contribution in [0.5, 0.6) is 0 Å². The van der Waals surface area contributed by atoms with Crippen LogP contribution in [0.4, 0.5) is 0 Å². The third kappa shape index (κ3) is 8.51. The molecule has 0 aliphatic heterocycles. The lowest BCUT2D eigenvalue weighted by Crippen LogP contribution is -2.27. The summed E-state index contributed by atoms with van der Waals surface area (Å²) in [5, 5.41) is 0. The first-order valence-electron chi connectivity index (χ1n) is 5.45. The fourth-order valence-electron chi connectivity index (χ4n) is 1.25. The lowest BCUT2D eigenvalue weighted by Gasteiger charge is -2.06. The van der Waals surface area contributed by atoms with Crippen molar-refractivity contribution in [1.29, 1.82) is 0 Å². The van der Waals surface area contributed by atoms with Crippen LogP contribution in [0.25, 0.3) is 0 Å². The SMILES string of the molecule is CCCS(=O)(=O)NCCCCC(C)C. The van der Waals surface area contributed by atoms with Gasteiger partial charge in [0.1, 0.15) is 0 Å². The van der Waals surface area contributed by atoms with Gasteiger partial charge in [0.2, 0.25) is 10.0 Å². The van der Waals surface area contributed by atoms with Gasteiger partial charge in [0, 0.05) is 6.54 Å². The molecule has 0 radical (unpaired) electrons. The monoisotopic (exact) mass is 221 g/mol. The number of sulfonamides is 1. The number of hydrogen-bond donors (Lipinski definition) is 1. The molecule has 0 rings (SSSR count). The van der Waals surface area contributed by atoms with E-state index in [4.69, 9.17) is 0 Å². The molecular formula is C10H23NO2S. The van der Waals surface area contributed by atoms with Gasteiger partial charge in [-0.25, -0.2) is 13.1 Å². The minimum atomic E-state index is -2.98. The van der Waals surface area contributed by atoms with Crippen LogP contribution in [0.3, 0.4) is 0 Å². The summed E-state index contributed by atoms with van der Waals surface area (Å²) in [5.74, 6) is 0.958. The molecular weight excluding hydrogens is 198 g/mol. The van der Waals surface area contributed by atoms with Gasteiger partial charge in [-0.2, -0.15) is 0 Å². The number of hydrogen-bond acceptors (Lipinski definition) is 2. The minimum absolute atomic E-state index is 0.247. The smallest absolute Gasteiger partial charge is 0.211 e. The molecule has 0 saturated carbocycles. The highest BCUT2D eigenvalue weighted by Crippen LogP contribution is 2.05. The largest absolute Gasteiger partial charge is 0.215 e. The van der Waals surface area contributed by atoms with E-state index in [2.05, 4.69) is 18.6 Å². The van der Waals surface area contributed by atoms with E-state index < -0.39 is 10.0 Å². The Bertz CT molecular complexity index is 222. The summed E-state index contributed by atoms with van der Waals surface area (Å²) in [4.78, 5) is 0. The van der Waals surface area contributed by atoms with E-state index in [0.29, 0.717) is 18.9 Å². The van der Waals surface area contributed by atoms with Gasteiger partial charge in [-0.05, 0) is 18.8 Å². The van der Waals surface area contributed by atoms with Crippen molar-refractivity contribution in [3.8, 4) is 0 Å². The molecule has 0 heterocycles. The second-order valence-corrected chi connectivity index (χ2v) is 6.03. The molecule has 0 fully saturated rings. The van der Waals surface area contributed by atoms with Crippen LogP contribution in [0.1, 0.15) is 46.5 Å². The van der Waals surface area contributed by atoms with Crippen molar-refractivity contribution in [3.05, 3.63) is 0 Å². The second kappa shape index (κ2) is 7.23. The average molecular weight is 221 g/mol. The van der Waals surface area contributed by atoms with Crippen molar-refractivity contribution in [1.82, 2.24) is 4.72 Å². The first-order chi connectivity index (χ1) is 6.48. The van der Waals surface area contributed by atoms with Gasteiger partial charge in [-0.15, -0.1) is 0 Å². The molecule has 3 nitrogen and oxygen atoms in total. The summed E-state index contributed by atoms with van der Waals surface area (Å²) < 4.78 is 25.0. The molecule has 0 aromatic rings. The molecule has 4 heteroatoms. The number of rotatable bonds is 8. The lowest BCUT2D eigenvalue weighted by molar-refractivity contribution is 0.530. The highest BCUT2D eigenvalue weighted by molar-refractivity contribution is 7.89. The van der Waals surface area contributed by atoms with Crippen LogP contribution in [-0.4, -0.2) is 20.7 Å². The van der Waals surface area contributed by atoms with Crippen LogP contribution in [0.2, 0.25) is 0 Å². The molecule has 0 aliphatic rings. The quantitative estimate of drug-likeness (QED) is 0.638. The summed E-state index contributed by atoms with van der Waals surface area (Å²) in [6.07, 6.45) is 3.91. The summed E-state index contributed by atoms with van der Waals surface area (Å²) >= 11 is 0. The van der Waals surface area contributed by atoms with Crippen molar-refractivity contribution in [2.45, 2.75) is 46.5 Å².